The van der Waals surface area contributed by atoms with Crippen LogP contribution in [0.15, 0.2) is 71.3 Å². The van der Waals surface area contributed by atoms with E-state index >= 15 is 0 Å². The summed E-state index contributed by atoms with van der Waals surface area (Å²) in [4.78, 5) is 16.6. The van der Waals surface area contributed by atoms with E-state index in [2.05, 4.69) is 62.7 Å². The fourth-order valence-electron chi connectivity index (χ4n) is 2.30. The van der Waals surface area contributed by atoms with E-state index in [9.17, 15) is 4.79 Å². The third-order valence-electron chi connectivity index (χ3n) is 3.70. The molecule has 0 bridgehead atoms. The summed E-state index contributed by atoms with van der Waals surface area (Å²) in [5.41, 5.74) is 3.67. The number of carbonyl (C=O) groups is 1. The predicted octanol–water partition coefficient (Wildman–Crippen LogP) is 5.02. The maximum Gasteiger partial charge on any atom is 0.257 e. The fraction of sp³-hybridized carbons (Fsp3) is 0.100. The number of benzene rings is 2. The Hall–Kier alpha value is -2.66. The van der Waals surface area contributed by atoms with Crippen LogP contribution in [-0.4, -0.2) is 10.9 Å². The quantitative estimate of drug-likeness (QED) is 0.637. The first-order valence-electron chi connectivity index (χ1n) is 7.92. The molecule has 0 fully saturated rings. The first-order valence-corrected chi connectivity index (χ1v) is 8.72. The highest BCUT2D eigenvalue weighted by atomic mass is 79.9. The Kier molecular flexibility index (Phi) is 5.46. The number of nitrogens with one attached hydrogen (secondary N) is 2. The lowest BCUT2D eigenvalue weighted by Gasteiger charge is -2.08. The van der Waals surface area contributed by atoms with Gasteiger partial charge in [0.15, 0.2) is 0 Å². The summed E-state index contributed by atoms with van der Waals surface area (Å²) in [6.07, 6.45) is 1.57. The van der Waals surface area contributed by atoms with Crippen LogP contribution in [0, 0.1) is 6.92 Å². The van der Waals surface area contributed by atoms with Crippen molar-refractivity contribution in [3.05, 3.63) is 88.0 Å². The van der Waals surface area contributed by atoms with Crippen molar-refractivity contribution < 1.29 is 4.79 Å². The number of hydrogen-bond acceptors (Lipinski definition) is 3. The van der Waals surface area contributed by atoms with Crippen LogP contribution in [0.25, 0.3) is 0 Å². The molecule has 1 aromatic heterocycles. The molecule has 0 aliphatic heterocycles. The number of rotatable bonds is 5. The zero-order chi connectivity index (χ0) is 17.6. The number of hydrogen-bond donors (Lipinski definition) is 2. The van der Waals surface area contributed by atoms with E-state index in [0.717, 1.165) is 16.0 Å². The molecule has 2 aromatic carbocycles. The number of amides is 1. The van der Waals surface area contributed by atoms with Gasteiger partial charge in [-0.05, 0) is 42.8 Å². The minimum Gasteiger partial charge on any atom is -0.366 e. The molecule has 3 rings (SSSR count). The molecule has 0 radical (unpaired) electrons. The minimum atomic E-state index is -0.185. The van der Waals surface area contributed by atoms with Gasteiger partial charge in [0.2, 0.25) is 0 Å². The summed E-state index contributed by atoms with van der Waals surface area (Å²) in [6, 6.07) is 19.4. The number of pyridine rings is 1. The molecule has 0 atom stereocenters. The SMILES string of the molecule is Cc1ccc(CNc2ccc(C(=O)Nc3cccc(Br)c3)cn2)cc1. The first-order chi connectivity index (χ1) is 12.1. The monoisotopic (exact) mass is 395 g/mol. The molecule has 0 aliphatic rings. The predicted molar refractivity (Wildman–Crippen MR) is 105 cm³/mol. The van der Waals surface area contributed by atoms with E-state index in [1.165, 1.54) is 11.1 Å². The second-order valence-electron chi connectivity index (χ2n) is 5.74. The number of halogens is 1. The molecule has 25 heavy (non-hydrogen) atoms. The van der Waals surface area contributed by atoms with Gasteiger partial charge in [0.1, 0.15) is 5.82 Å². The zero-order valence-electron chi connectivity index (χ0n) is 13.8. The smallest absolute Gasteiger partial charge is 0.257 e. The number of carbonyl (C=O) groups excluding carboxylic acids is 1. The van der Waals surface area contributed by atoms with Crippen LogP contribution in [0.5, 0.6) is 0 Å². The summed E-state index contributed by atoms with van der Waals surface area (Å²) < 4.78 is 0.916. The van der Waals surface area contributed by atoms with Crippen LogP contribution in [-0.2, 0) is 6.54 Å². The van der Waals surface area contributed by atoms with E-state index in [-0.39, 0.29) is 5.91 Å². The van der Waals surface area contributed by atoms with Gasteiger partial charge in [-0.1, -0.05) is 51.8 Å². The van der Waals surface area contributed by atoms with Crippen molar-refractivity contribution in [1.29, 1.82) is 0 Å². The van der Waals surface area contributed by atoms with Crippen LogP contribution in [0.2, 0.25) is 0 Å². The summed E-state index contributed by atoms with van der Waals surface area (Å²) in [6.45, 7) is 2.76. The van der Waals surface area contributed by atoms with Crippen LogP contribution in [0.3, 0.4) is 0 Å². The molecule has 0 aliphatic carbocycles. The Morgan fingerprint density at radius 1 is 1.08 bits per heavy atom. The lowest BCUT2D eigenvalue weighted by atomic mass is 10.1. The van der Waals surface area contributed by atoms with Crippen molar-refractivity contribution in [2.24, 2.45) is 0 Å². The molecule has 0 saturated carbocycles. The first kappa shape index (κ1) is 17.2. The maximum atomic E-state index is 12.3. The van der Waals surface area contributed by atoms with Crippen LogP contribution >= 0.6 is 15.9 Å². The van der Waals surface area contributed by atoms with Crippen molar-refractivity contribution in [2.75, 3.05) is 10.6 Å². The molecule has 0 saturated heterocycles. The van der Waals surface area contributed by atoms with Crippen molar-refractivity contribution >= 4 is 33.3 Å². The van der Waals surface area contributed by atoms with Crippen molar-refractivity contribution in [2.45, 2.75) is 13.5 Å². The number of anilines is 2. The normalized spacial score (nSPS) is 10.3. The minimum absolute atomic E-state index is 0.185. The van der Waals surface area contributed by atoms with Crippen LogP contribution in [0.4, 0.5) is 11.5 Å². The van der Waals surface area contributed by atoms with Gasteiger partial charge in [0.05, 0.1) is 5.56 Å². The number of aryl methyl sites for hydroxylation is 1. The molecule has 4 nitrogen and oxygen atoms in total. The topological polar surface area (TPSA) is 54.0 Å². The van der Waals surface area contributed by atoms with Gasteiger partial charge in [-0.2, -0.15) is 0 Å². The summed E-state index contributed by atoms with van der Waals surface area (Å²) in [5.74, 6) is 0.551. The molecule has 3 aromatic rings. The van der Waals surface area contributed by atoms with Gasteiger partial charge in [-0.15, -0.1) is 0 Å². The highest BCUT2D eigenvalue weighted by molar-refractivity contribution is 9.10. The zero-order valence-corrected chi connectivity index (χ0v) is 15.4. The lowest BCUT2D eigenvalue weighted by Crippen LogP contribution is -2.12. The molecule has 1 amide bonds. The van der Waals surface area contributed by atoms with Crippen molar-refractivity contribution in [3.8, 4) is 0 Å². The van der Waals surface area contributed by atoms with Gasteiger partial charge >= 0.3 is 0 Å². The van der Waals surface area contributed by atoms with Gasteiger partial charge in [0, 0.05) is 22.9 Å². The van der Waals surface area contributed by atoms with E-state index in [1.807, 2.05) is 30.3 Å². The van der Waals surface area contributed by atoms with Crippen molar-refractivity contribution in [3.63, 3.8) is 0 Å². The van der Waals surface area contributed by atoms with Gasteiger partial charge in [0.25, 0.3) is 5.91 Å². The Labute approximate surface area is 155 Å². The lowest BCUT2D eigenvalue weighted by molar-refractivity contribution is 0.102. The molecule has 1 heterocycles. The molecule has 0 unspecified atom stereocenters. The average molecular weight is 396 g/mol. The Morgan fingerprint density at radius 2 is 1.88 bits per heavy atom. The summed E-state index contributed by atoms with van der Waals surface area (Å²) in [5, 5.41) is 6.11. The Balaban J connectivity index is 1.59. The Morgan fingerprint density at radius 3 is 2.56 bits per heavy atom. The summed E-state index contributed by atoms with van der Waals surface area (Å²) >= 11 is 3.39. The second kappa shape index (κ2) is 7.94. The highest BCUT2D eigenvalue weighted by Gasteiger charge is 2.07. The van der Waals surface area contributed by atoms with Crippen LogP contribution < -0.4 is 10.6 Å². The number of nitrogens with zero attached hydrogens (tertiary/aromatic N) is 1. The van der Waals surface area contributed by atoms with Gasteiger partial charge in [-0.25, -0.2) is 4.98 Å². The van der Waals surface area contributed by atoms with Crippen molar-refractivity contribution in [1.82, 2.24) is 4.98 Å². The highest BCUT2D eigenvalue weighted by Crippen LogP contribution is 2.17. The number of aromatic nitrogens is 1. The standard InChI is InChI=1S/C20H18BrN3O/c1-14-5-7-15(8-6-14)12-22-19-10-9-16(13-23-19)20(25)24-18-4-2-3-17(21)11-18/h2-11,13H,12H2,1H3,(H,22,23)(H,24,25). The van der Waals surface area contributed by atoms with E-state index in [1.54, 1.807) is 12.3 Å². The van der Waals surface area contributed by atoms with Crippen LogP contribution in [0.1, 0.15) is 21.5 Å². The van der Waals surface area contributed by atoms with Gasteiger partial charge < -0.3 is 10.6 Å². The van der Waals surface area contributed by atoms with Gasteiger partial charge in [-0.3, -0.25) is 4.79 Å². The fourth-order valence-corrected chi connectivity index (χ4v) is 2.70. The molecule has 0 spiro atoms. The third kappa shape index (κ3) is 4.90. The van der Waals surface area contributed by atoms with E-state index in [4.69, 9.17) is 0 Å². The Bertz CT molecular complexity index is 861. The molecular formula is C20H18BrN3O. The van der Waals surface area contributed by atoms with E-state index in [0.29, 0.717) is 12.1 Å². The molecule has 126 valence electrons. The van der Waals surface area contributed by atoms with E-state index < -0.39 is 0 Å². The third-order valence-corrected chi connectivity index (χ3v) is 4.20. The largest absolute Gasteiger partial charge is 0.366 e. The summed E-state index contributed by atoms with van der Waals surface area (Å²) in [7, 11) is 0. The average Bonchev–Trinajstić information content (AvgIpc) is 2.62. The maximum absolute atomic E-state index is 12.3. The second-order valence-corrected chi connectivity index (χ2v) is 6.65. The molecular weight excluding hydrogens is 378 g/mol. The molecule has 2 N–H and O–H groups in total. The molecule has 5 heteroatoms.